The monoisotopic (exact) mass is 313 g/mol. The average Bonchev–Trinajstić information content (AvgIpc) is 3.04. The van der Waals surface area contributed by atoms with Crippen molar-refractivity contribution >= 4 is 28.3 Å². The molecule has 3 heterocycles. The number of hydrogen-bond donors (Lipinski definition) is 1. The van der Waals surface area contributed by atoms with E-state index in [9.17, 15) is 4.79 Å². The van der Waals surface area contributed by atoms with Crippen LogP contribution in [-0.2, 0) is 4.74 Å². The summed E-state index contributed by atoms with van der Waals surface area (Å²) in [4.78, 5) is 20.0. The fourth-order valence-corrected chi connectivity index (χ4v) is 2.40. The Morgan fingerprint density at radius 1 is 1.18 bits per heavy atom. The van der Waals surface area contributed by atoms with Crippen LogP contribution in [0.3, 0.4) is 0 Å². The Morgan fingerprint density at radius 3 is 2.77 bits per heavy atom. The zero-order chi connectivity index (χ0) is 15.4. The number of rotatable bonds is 4. The van der Waals surface area contributed by atoms with E-state index in [0.717, 1.165) is 11.4 Å². The first-order valence-electron chi connectivity index (χ1n) is 6.32. The number of methoxy groups -OCH3 is 1. The largest absolute Gasteiger partial charge is 0.464 e. The van der Waals surface area contributed by atoms with Crippen LogP contribution in [-0.4, -0.2) is 33.2 Å². The van der Waals surface area contributed by atoms with Crippen LogP contribution in [0.2, 0.25) is 0 Å². The molecule has 0 bridgehead atoms. The number of carbonyl (C=O) groups excluding carboxylic acids is 1. The van der Waals surface area contributed by atoms with Crippen LogP contribution >= 0.6 is 11.3 Å². The number of hydrogen-bond acceptors (Lipinski definition) is 8. The van der Waals surface area contributed by atoms with Gasteiger partial charge in [0.1, 0.15) is 5.69 Å². The Bertz CT molecular complexity index is 773. The van der Waals surface area contributed by atoms with Gasteiger partial charge in [-0.15, -0.1) is 21.5 Å². The summed E-state index contributed by atoms with van der Waals surface area (Å²) >= 11 is 1.43. The van der Waals surface area contributed by atoms with Crippen LogP contribution in [0.15, 0.2) is 41.9 Å². The van der Waals surface area contributed by atoms with Crippen molar-refractivity contribution in [2.75, 3.05) is 12.4 Å². The predicted molar refractivity (Wildman–Crippen MR) is 82.0 cm³/mol. The number of pyridine rings is 1. The lowest BCUT2D eigenvalue weighted by Gasteiger charge is -2.01. The minimum absolute atomic E-state index is 0.154. The van der Waals surface area contributed by atoms with Gasteiger partial charge in [0.2, 0.25) is 0 Å². The minimum atomic E-state index is -0.522. The van der Waals surface area contributed by atoms with Gasteiger partial charge in [0.05, 0.1) is 12.8 Å². The summed E-state index contributed by atoms with van der Waals surface area (Å²) in [5.41, 5.74) is 1.74. The fraction of sp³-hybridized carbons (Fsp3) is 0.0714. The minimum Gasteiger partial charge on any atom is -0.464 e. The van der Waals surface area contributed by atoms with E-state index in [1.54, 1.807) is 12.3 Å². The second kappa shape index (κ2) is 6.27. The molecule has 0 spiro atoms. The van der Waals surface area contributed by atoms with Crippen LogP contribution in [0.5, 0.6) is 0 Å². The van der Waals surface area contributed by atoms with Crippen LogP contribution in [0, 0.1) is 0 Å². The van der Waals surface area contributed by atoms with Crippen LogP contribution in [0.25, 0.3) is 11.4 Å². The molecule has 0 radical (unpaired) electrons. The highest BCUT2D eigenvalue weighted by atomic mass is 32.1. The van der Waals surface area contributed by atoms with Crippen LogP contribution in [0.4, 0.5) is 10.9 Å². The van der Waals surface area contributed by atoms with Gasteiger partial charge in [0, 0.05) is 11.6 Å². The SMILES string of the molecule is COC(=O)c1ccc(Nc2nc(-c3ccccn3)cs2)nn1. The van der Waals surface area contributed by atoms with E-state index >= 15 is 0 Å². The molecule has 0 atom stereocenters. The zero-order valence-electron chi connectivity index (χ0n) is 11.6. The molecule has 0 saturated heterocycles. The molecule has 110 valence electrons. The summed E-state index contributed by atoms with van der Waals surface area (Å²) in [6.45, 7) is 0. The van der Waals surface area contributed by atoms with Gasteiger partial charge in [0.25, 0.3) is 0 Å². The van der Waals surface area contributed by atoms with Gasteiger partial charge in [-0.2, -0.15) is 0 Å². The van der Waals surface area contributed by atoms with Crippen molar-refractivity contribution in [3.05, 3.63) is 47.6 Å². The molecule has 0 aromatic carbocycles. The van der Waals surface area contributed by atoms with E-state index in [-0.39, 0.29) is 5.69 Å². The quantitative estimate of drug-likeness (QED) is 0.740. The molecule has 0 aliphatic carbocycles. The number of nitrogens with zero attached hydrogens (tertiary/aromatic N) is 4. The molecule has 1 N–H and O–H groups in total. The van der Waals surface area contributed by atoms with E-state index < -0.39 is 5.97 Å². The van der Waals surface area contributed by atoms with Crippen molar-refractivity contribution < 1.29 is 9.53 Å². The van der Waals surface area contributed by atoms with Gasteiger partial charge < -0.3 is 10.1 Å². The van der Waals surface area contributed by atoms with E-state index in [1.165, 1.54) is 24.5 Å². The first-order valence-corrected chi connectivity index (χ1v) is 7.20. The number of carbonyl (C=O) groups is 1. The van der Waals surface area contributed by atoms with Crippen molar-refractivity contribution in [2.24, 2.45) is 0 Å². The van der Waals surface area contributed by atoms with Crippen LogP contribution < -0.4 is 5.32 Å². The Morgan fingerprint density at radius 2 is 2.09 bits per heavy atom. The van der Waals surface area contributed by atoms with Crippen molar-refractivity contribution in [1.82, 2.24) is 20.2 Å². The van der Waals surface area contributed by atoms with Crippen LogP contribution in [0.1, 0.15) is 10.5 Å². The Balaban J connectivity index is 1.74. The average molecular weight is 313 g/mol. The van der Waals surface area contributed by atoms with Crippen molar-refractivity contribution in [3.8, 4) is 11.4 Å². The molecule has 8 heteroatoms. The second-order valence-corrected chi connectivity index (χ2v) is 5.03. The summed E-state index contributed by atoms with van der Waals surface area (Å²) in [5.74, 6) is -0.0275. The lowest BCUT2D eigenvalue weighted by molar-refractivity contribution is 0.0593. The highest BCUT2D eigenvalue weighted by Gasteiger charge is 2.09. The first-order chi connectivity index (χ1) is 10.8. The summed E-state index contributed by atoms with van der Waals surface area (Å²) in [6, 6.07) is 8.83. The maximum Gasteiger partial charge on any atom is 0.358 e. The lowest BCUT2D eigenvalue weighted by atomic mass is 10.3. The molecular formula is C14H11N5O2S. The molecule has 0 unspecified atom stereocenters. The van der Waals surface area contributed by atoms with Crippen molar-refractivity contribution in [2.45, 2.75) is 0 Å². The van der Waals surface area contributed by atoms with E-state index in [4.69, 9.17) is 0 Å². The molecular weight excluding hydrogens is 302 g/mol. The molecule has 22 heavy (non-hydrogen) atoms. The topological polar surface area (TPSA) is 89.9 Å². The number of esters is 1. The molecule has 3 rings (SSSR count). The molecule has 3 aromatic rings. The number of nitrogens with one attached hydrogen (secondary N) is 1. The van der Waals surface area contributed by atoms with Gasteiger partial charge in [-0.05, 0) is 24.3 Å². The Hall–Kier alpha value is -2.87. The molecule has 0 fully saturated rings. The lowest BCUT2D eigenvalue weighted by Crippen LogP contribution is -2.06. The Labute approximate surface area is 130 Å². The number of anilines is 2. The van der Waals surface area contributed by atoms with Gasteiger partial charge in [-0.25, -0.2) is 9.78 Å². The zero-order valence-corrected chi connectivity index (χ0v) is 12.4. The van der Waals surface area contributed by atoms with E-state index in [2.05, 4.69) is 30.2 Å². The third-order valence-corrected chi connectivity index (χ3v) is 3.48. The van der Waals surface area contributed by atoms with Gasteiger partial charge in [0.15, 0.2) is 16.6 Å². The highest BCUT2D eigenvalue weighted by molar-refractivity contribution is 7.14. The highest BCUT2D eigenvalue weighted by Crippen LogP contribution is 2.25. The maximum absolute atomic E-state index is 11.3. The van der Waals surface area contributed by atoms with Crippen molar-refractivity contribution in [1.29, 1.82) is 0 Å². The first kappa shape index (κ1) is 14.1. The van der Waals surface area contributed by atoms with E-state index in [1.807, 2.05) is 23.6 Å². The number of thiazole rings is 1. The molecule has 0 saturated carbocycles. The summed E-state index contributed by atoms with van der Waals surface area (Å²) in [7, 11) is 1.30. The van der Waals surface area contributed by atoms with E-state index in [0.29, 0.717) is 10.9 Å². The van der Waals surface area contributed by atoms with Crippen molar-refractivity contribution in [3.63, 3.8) is 0 Å². The maximum atomic E-state index is 11.3. The molecule has 0 amide bonds. The summed E-state index contributed by atoms with van der Waals surface area (Å²) in [6.07, 6.45) is 1.72. The second-order valence-electron chi connectivity index (χ2n) is 4.17. The molecule has 0 aliphatic rings. The third kappa shape index (κ3) is 3.07. The number of aromatic nitrogens is 4. The molecule has 3 aromatic heterocycles. The standard InChI is InChI=1S/C14H11N5O2S/c1-21-13(20)10-5-6-12(19-18-10)17-14-16-11(8-22-14)9-4-2-3-7-15-9/h2-8H,1H3,(H,16,17,19). The van der Waals surface area contributed by atoms with Gasteiger partial charge in [-0.1, -0.05) is 6.07 Å². The normalized spacial score (nSPS) is 10.2. The van der Waals surface area contributed by atoms with Gasteiger partial charge in [-0.3, -0.25) is 4.98 Å². The number of ether oxygens (including phenoxy) is 1. The molecule has 7 nitrogen and oxygen atoms in total. The third-order valence-electron chi connectivity index (χ3n) is 2.73. The van der Waals surface area contributed by atoms with Gasteiger partial charge >= 0.3 is 5.97 Å². The molecule has 0 aliphatic heterocycles. The fourth-order valence-electron chi connectivity index (χ4n) is 1.69. The smallest absolute Gasteiger partial charge is 0.358 e. The summed E-state index contributed by atoms with van der Waals surface area (Å²) in [5, 5.41) is 13.3. The Kier molecular flexibility index (Phi) is 4.01. The predicted octanol–water partition coefficient (Wildman–Crippen LogP) is 2.53. The summed E-state index contributed by atoms with van der Waals surface area (Å²) < 4.78 is 4.57.